The number of hydrogen-bond acceptors (Lipinski definition) is 3. The van der Waals surface area contributed by atoms with Gasteiger partial charge in [-0.2, -0.15) is 0 Å². The third-order valence-corrected chi connectivity index (χ3v) is 4.82. The van der Waals surface area contributed by atoms with Gasteiger partial charge in [-0.1, -0.05) is 29.8 Å². The van der Waals surface area contributed by atoms with Crippen molar-refractivity contribution < 1.29 is 9.53 Å². The van der Waals surface area contributed by atoms with Crippen LogP contribution in [-0.2, 0) is 22.4 Å². The highest BCUT2D eigenvalue weighted by Crippen LogP contribution is 2.26. The van der Waals surface area contributed by atoms with Gasteiger partial charge in [-0.05, 0) is 54.3 Å². The molecule has 134 valence electrons. The van der Waals surface area contributed by atoms with Crippen molar-refractivity contribution in [2.75, 3.05) is 7.11 Å². The summed E-state index contributed by atoms with van der Waals surface area (Å²) in [6.07, 6.45) is 0.668. The normalized spacial score (nSPS) is 10.9. The first-order valence-corrected chi connectivity index (χ1v) is 8.73. The fourth-order valence-corrected chi connectivity index (χ4v) is 3.43. The molecule has 0 fully saturated rings. The lowest BCUT2D eigenvalue weighted by atomic mass is 9.94. The number of aryl methyl sites for hydroxylation is 2. The Balaban J connectivity index is 2.17. The summed E-state index contributed by atoms with van der Waals surface area (Å²) in [5.41, 5.74) is 5.05. The second kappa shape index (κ2) is 7.34. The van der Waals surface area contributed by atoms with Gasteiger partial charge >= 0.3 is 5.97 Å². The molecular weight excluding hydrogens is 350 g/mol. The number of benzene rings is 2. The van der Waals surface area contributed by atoms with E-state index in [1.807, 2.05) is 50.2 Å². The molecule has 4 nitrogen and oxygen atoms in total. The van der Waals surface area contributed by atoms with Crippen LogP contribution in [0.15, 0.2) is 41.2 Å². The first-order chi connectivity index (χ1) is 12.4. The molecule has 0 saturated heterocycles. The van der Waals surface area contributed by atoms with Gasteiger partial charge in [-0.3, -0.25) is 9.59 Å². The van der Waals surface area contributed by atoms with Gasteiger partial charge in [0.1, 0.15) is 0 Å². The van der Waals surface area contributed by atoms with Gasteiger partial charge in [-0.25, -0.2) is 0 Å². The van der Waals surface area contributed by atoms with Crippen molar-refractivity contribution in [2.24, 2.45) is 0 Å². The van der Waals surface area contributed by atoms with Crippen molar-refractivity contribution in [1.82, 2.24) is 4.98 Å². The molecule has 1 aromatic heterocycles. The molecule has 0 atom stereocenters. The molecule has 0 bridgehead atoms. The van der Waals surface area contributed by atoms with E-state index >= 15 is 0 Å². The summed E-state index contributed by atoms with van der Waals surface area (Å²) in [6, 6.07) is 11.3. The minimum absolute atomic E-state index is 0.112. The number of aromatic nitrogens is 1. The maximum atomic E-state index is 12.7. The number of carbonyl (C=O) groups is 1. The molecule has 3 rings (SSSR count). The zero-order valence-corrected chi connectivity index (χ0v) is 15.7. The molecule has 0 aliphatic carbocycles. The second-order valence-corrected chi connectivity index (χ2v) is 6.90. The predicted molar refractivity (Wildman–Crippen MR) is 104 cm³/mol. The number of rotatable bonds is 4. The second-order valence-electron chi connectivity index (χ2n) is 6.46. The number of nitrogens with one attached hydrogen (secondary N) is 1. The van der Waals surface area contributed by atoms with Crippen molar-refractivity contribution in [3.63, 3.8) is 0 Å². The molecule has 0 aliphatic rings. The summed E-state index contributed by atoms with van der Waals surface area (Å²) in [4.78, 5) is 27.4. The van der Waals surface area contributed by atoms with Gasteiger partial charge in [0.2, 0.25) is 0 Å². The highest BCUT2D eigenvalue weighted by molar-refractivity contribution is 6.30. The van der Waals surface area contributed by atoms with Crippen molar-refractivity contribution in [3.8, 4) is 0 Å². The number of hydrogen-bond donors (Lipinski definition) is 1. The lowest BCUT2D eigenvalue weighted by molar-refractivity contribution is -0.139. The van der Waals surface area contributed by atoms with Crippen molar-refractivity contribution >= 4 is 28.5 Å². The first kappa shape index (κ1) is 18.2. The number of carbonyl (C=O) groups excluding carboxylic acids is 1. The van der Waals surface area contributed by atoms with E-state index in [9.17, 15) is 9.59 Å². The molecule has 1 N–H and O–H groups in total. The van der Waals surface area contributed by atoms with Crippen LogP contribution in [0.4, 0.5) is 0 Å². The summed E-state index contributed by atoms with van der Waals surface area (Å²) < 4.78 is 4.82. The van der Waals surface area contributed by atoms with E-state index in [1.54, 1.807) is 0 Å². The molecular formula is C21H20ClNO3. The molecule has 0 saturated carbocycles. The molecule has 0 radical (unpaired) electrons. The Morgan fingerprint density at radius 1 is 1.15 bits per heavy atom. The summed E-state index contributed by atoms with van der Waals surface area (Å²) in [5, 5.41) is 1.57. The van der Waals surface area contributed by atoms with Crippen LogP contribution in [0.1, 0.15) is 27.8 Å². The molecule has 3 aromatic rings. The van der Waals surface area contributed by atoms with Gasteiger partial charge in [0.15, 0.2) is 0 Å². The topological polar surface area (TPSA) is 59.2 Å². The highest BCUT2D eigenvalue weighted by atomic mass is 35.5. The Labute approximate surface area is 156 Å². The van der Waals surface area contributed by atoms with Crippen LogP contribution in [0.25, 0.3) is 10.9 Å². The first-order valence-electron chi connectivity index (χ1n) is 8.35. The lowest BCUT2D eigenvalue weighted by Crippen LogP contribution is -2.17. The quantitative estimate of drug-likeness (QED) is 0.704. The highest BCUT2D eigenvalue weighted by Gasteiger charge is 2.15. The maximum Gasteiger partial charge on any atom is 0.310 e. The molecule has 1 heterocycles. The Morgan fingerprint density at radius 2 is 1.85 bits per heavy atom. The van der Waals surface area contributed by atoms with Gasteiger partial charge < -0.3 is 9.72 Å². The van der Waals surface area contributed by atoms with Gasteiger partial charge in [0.05, 0.1) is 13.5 Å². The molecule has 5 heteroatoms. The van der Waals surface area contributed by atoms with E-state index in [0.717, 1.165) is 33.2 Å². The summed E-state index contributed by atoms with van der Waals surface area (Å²) in [7, 11) is 1.38. The van der Waals surface area contributed by atoms with E-state index in [0.29, 0.717) is 17.0 Å². The third kappa shape index (κ3) is 3.65. The maximum absolute atomic E-state index is 12.7. The van der Waals surface area contributed by atoms with Crippen LogP contribution < -0.4 is 5.56 Å². The van der Waals surface area contributed by atoms with Gasteiger partial charge in [-0.15, -0.1) is 0 Å². The third-order valence-electron chi connectivity index (χ3n) is 4.57. The summed E-state index contributed by atoms with van der Waals surface area (Å²) in [6.45, 7) is 3.87. The van der Waals surface area contributed by atoms with Gasteiger partial charge in [0.25, 0.3) is 5.56 Å². The van der Waals surface area contributed by atoms with E-state index in [1.165, 1.54) is 7.11 Å². The standard InChI is InChI=1S/C21H20ClNO3/c1-12-8-15(11-19(24)26-3)20-13(2)17(21(25)23-18(20)9-12)10-14-4-6-16(22)7-5-14/h4-9H,10-11H2,1-3H3,(H,23,25). The van der Waals surface area contributed by atoms with Crippen LogP contribution in [0.3, 0.4) is 0 Å². The van der Waals surface area contributed by atoms with Crippen LogP contribution >= 0.6 is 11.6 Å². The van der Waals surface area contributed by atoms with Crippen molar-refractivity contribution in [2.45, 2.75) is 26.7 Å². The summed E-state index contributed by atoms with van der Waals surface area (Å²) >= 11 is 5.94. The van der Waals surface area contributed by atoms with Crippen molar-refractivity contribution in [3.05, 3.63) is 79.6 Å². The zero-order valence-electron chi connectivity index (χ0n) is 15.0. The number of methoxy groups -OCH3 is 1. The van der Waals surface area contributed by atoms with Gasteiger partial charge in [0, 0.05) is 27.9 Å². The van der Waals surface area contributed by atoms with E-state index in [4.69, 9.17) is 16.3 Å². The minimum atomic E-state index is -0.304. The van der Waals surface area contributed by atoms with Crippen LogP contribution in [0.5, 0.6) is 0 Å². The Morgan fingerprint density at radius 3 is 2.50 bits per heavy atom. The fourth-order valence-electron chi connectivity index (χ4n) is 3.31. The molecule has 0 amide bonds. The zero-order chi connectivity index (χ0) is 18.8. The number of fused-ring (bicyclic) bond motifs is 1. The Kier molecular flexibility index (Phi) is 5.14. The number of ether oxygens (including phenoxy) is 1. The smallest absolute Gasteiger partial charge is 0.310 e. The molecule has 0 spiro atoms. The number of pyridine rings is 1. The molecule has 0 unspecified atom stereocenters. The monoisotopic (exact) mass is 369 g/mol. The molecule has 26 heavy (non-hydrogen) atoms. The number of aromatic amines is 1. The number of halogens is 1. The predicted octanol–water partition coefficient (Wildman–Crippen LogP) is 4.10. The minimum Gasteiger partial charge on any atom is -0.469 e. The SMILES string of the molecule is COC(=O)Cc1cc(C)cc2[nH]c(=O)c(Cc3ccc(Cl)cc3)c(C)c12. The fraction of sp³-hybridized carbons (Fsp3) is 0.238. The summed E-state index contributed by atoms with van der Waals surface area (Å²) in [5.74, 6) is -0.304. The Hall–Kier alpha value is -2.59. The van der Waals surface area contributed by atoms with Crippen LogP contribution in [-0.4, -0.2) is 18.1 Å². The lowest BCUT2D eigenvalue weighted by Gasteiger charge is -2.14. The van der Waals surface area contributed by atoms with E-state index < -0.39 is 0 Å². The number of esters is 1. The number of H-pyrrole nitrogens is 1. The largest absolute Gasteiger partial charge is 0.469 e. The van der Waals surface area contributed by atoms with Crippen LogP contribution in [0, 0.1) is 13.8 Å². The van der Waals surface area contributed by atoms with Crippen molar-refractivity contribution in [1.29, 1.82) is 0 Å². The molecule has 0 aliphatic heterocycles. The molecule has 2 aromatic carbocycles. The Bertz CT molecular complexity index is 1040. The van der Waals surface area contributed by atoms with E-state index in [2.05, 4.69) is 4.98 Å². The van der Waals surface area contributed by atoms with Crippen LogP contribution in [0.2, 0.25) is 5.02 Å². The average molecular weight is 370 g/mol. The average Bonchev–Trinajstić information content (AvgIpc) is 2.59. The van der Waals surface area contributed by atoms with E-state index in [-0.39, 0.29) is 17.9 Å².